The van der Waals surface area contributed by atoms with Gasteiger partial charge in [-0.15, -0.1) is 0 Å². The quantitative estimate of drug-likeness (QED) is 0.389. The van der Waals surface area contributed by atoms with E-state index < -0.39 is 10.8 Å². The number of carbonyl (C=O) groups is 1. The molecule has 3 N–H and O–H groups in total. The number of benzene rings is 2. The number of anilines is 1. The number of nitrogens with zero attached hydrogens (tertiary/aromatic N) is 1. The van der Waals surface area contributed by atoms with Crippen LogP contribution in [0, 0.1) is 10.1 Å². The molecule has 2 aromatic carbocycles. The lowest BCUT2D eigenvalue weighted by Crippen LogP contribution is -2.31. The molecule has 2 heterocycles. The summed E-state index contributed by atoms with van der Waals surface area (Å²) in [5.41, 5.74) is 2.48. The molecule has 5 rings (SSSR count). The zero-order valence-corrected chi connectivity index (χ0v) is 18.5. The minimum Gasteiger partial charge on any atom is -0.493 e. The van der Waals surface area contributed by atoms with Crippen LogP contribution in [0.5, 0.6) is 11.5 Å². The van der Waals surface area contributed by atoms with Gasteiger partial charge >= 0.3 is 0 Å². The lowest BCUT2D eigenvalue weighted by atomic mass is 9.72. The summed E-state index contributed by atoms with van der Waals surface area (Å²) in [5.74, 6) is 0.703. The second-order valence-corrected chi connectivity index (χ2v) is 8.31. The van der Waals surface area contributed by atoms with Gasteiger partial charge in [0.15, 0.2) is 17.3 Å². The molecule has 10 nitrogen and oxygen atoms in total. The molecular weight excluding hydrogens is 440 g/mol. The van der Waals surface area contributed by atoms with Gasteiger partial charge in [-0.05, 0) is 35.6 Å². The van der Waals surface area contributed by atoms with Crippen molar-refractivity contribution in [2.45, 2.75) is 24.7 Å². The molecular formula is C24H22N4O6. The summed E-state index contributed by atoms with van der Waals surface area (Å²) in [7, 11) is 3.12. The van der Waals surface area contributed by atoms with Crippen LogP contribution in [0.25, 0.3) is 0 Å². The van der Waals surface area contributed by atoms with Crippen LogP contribution >= 0.6 is 0 Å². The molecule has 1 aromatic heterocycles. The van der Waals surface area contributed by atoms with Crippen molar-refractivity contribution in [1.82, 2.24) is 10.2 Å². The van der Waals surface area contributed by atoms with Crippen LogP contribution in [-0.4, -0.2) is 35.1 Å². The summed E-state index contributed by atoms with van der Waals surface area (Å²) in [6.45, 7) is 0. The summed E-state index contributed by atoms with van der Waals surface area (Å²) in [6.07, 6.45) is 0.758. The second-order valence-electron chi connectivity index (χ2n) is 8.31. The van der Waals surface area contributed by atoms with Crippen LogP contribution in [0.1, 0.15) is 41.4 Å². The second kappa shape index (κ2) is 8.22. The van der Waals surface area contributed by atoms with Gasteiger partial charge in [0, 0.05) is 35.7 Å². The number of Topliss-reactive ketones (excluding diaryl/α,β-unsaturated/α-hetero) is 1. The SMILES string of the molecule is COc1ccc(C2CC(=O)C3=C(C2)Nc2[nH][nH]c(=O)c2C3c2cccc([N+](=O)[O-])c2)cc1OC. The average Bonchev–Trinajstić information content (AvgIpc) is 3.22. The van der Waals surface area contributed by atoms with E-state index in [9.17, 15) is 19.7 Å². The molecule has 10 heteroatoms. The number of hydrogen-bond acceptors (Lipinski definition) is 7. The number of non-ortho nitro benzene ring substituents is 1. The van der Waals surface area contributed by atoms with E-state index in [0.717, 1.165) is 5.56 Å². The Balaban J connectivity index is 1.60. The third-order valence-electron chi connectivity index (χ3n) is 6.47. The molecule has 0 radical (unpaired) electrons. The summed E-state index contributed by atoms with van der Waals surface area (Å²) in [6, 6.07) is 11.7. The highest BCUT2D eigenvalue weighted by Gasteiger charge is 2.40. The number of nitrogens with one attached hydrogen (secondary N) is 3. The van der Waals surface area contributed by atoms with Crippen molar-refractivity contribution in [1.29, 1.82) is 0 Å². The summed E-state index contributed by atoms with van der Waals surface area (Å²) in [5, 5.41) is 20.0. The Bertz CT molecular complexity index is 1400. The van der Waals surface area contributed by atoms with Crippen LogP contribution in [0.15, 0.2) is 58.5 Å². The van der Waals surface area contributed by atoms with Crippen molar-refractivity contribution in [3.8, 4) is 11.5 Å². The van der Waals surface area contributed by atoms with Gasteiger partial charge in [0.2, 0.25) is 0 Å². The fourth-order valence-electron chi connectivity index (χ4n) is 4.91. The van der Waals surface area contributed by atoms with Gasteiger partial charge < -0.3 is 14.8 Å². The van der Waals surface area contributed by atoms with Gasteiger partial charge in [-0.1, -0.05) is 18.2 Å². The maximum Gasteiger partial charge on any atom is 0.270 e. The number of ether oxygens (including phenoxy) is 2. The van der Waals surface area contributed by atoms with E-state index in [2.05, 4.69) is 15.5 Å². The Morgan fingerprint density at radius 3 is 2.50 bits per heavy atom. The third kappa shape index (κ3) is 3.43. The minimum atomic E-state index is -0.708. The number of nitro benzene ring substituents is 1. The van der Waals surface area contributed by atoms with Gasteiger partial charge in [-0.25, -0.2) is 0 Å². The average molecular weight is 462 g/mol. The first-order valence-electron chi connectivity index (χ1n) is 10.7. The van der Waals surface area contributed by atoms with Crippen LogP contribution < -0.4 is 20.3 Å². The van der Waals surface area contributed by atoms with E-state index in [1.807, 2.05) is 18.2 Å². The van der Waals surface area contributed by atoms with Crippen molar-refractivity contribution in [3.63, 3.8) is 0 Å². The molecule has 1 aliphatic heterocycles. The molecule has 0 spiro atoms. The van der Waals surface area contributed by atoms with E-state index >= 15 is 0 Å². The van der Waals surface area contributed by atoms with Gasteiger partial charge in [-0.2, -0.15) is 0 Å². The standard InChI is InChI=1S/C24H22N4O6/c1-33-18-7-6-12(11-19(18)34-2)14-9-16-21(17(29)10-14)20(22-23(25-16)26-27-24(22)30)13-4-3-5-15(8-13)28(31)32/h3-8,11,14,20H,9-10H2,1-2H3,(H3,25,26,27,30). The number of allylic oxidation sites excluding steroid dienone is 2. The lowest BCUT2D eigenvalue weighted by Gasteiger charge is -2.34. The summed E-state index contributed by atoms with van der Waals surface area (Å²) >= 11 is 0. The van der Waals surface area contributed by atoms with Crippen molar-refractivity contribution >= 4 is 17.3 Å². The fourth-order valence-corrected chi connectivity index (χ4v) is 4.91. The summed E-state index contributed by atoms with van der Waals surface area (Å²) in [4.78, 5) is 37.0. The molecule has 0 saturated carbocycles. The first kappa shape index (κ1) is 21.5. The van der Waals surface area contributed by atoms with Crippen molar-refractivity contribution < 1.29 is 19.2 Å². The minimum absolute atomic E-state index is 0.0989. The molecule has 0 fully saturated rings. The van der Waals surface area contributed by atoms with Crippen LogP contribution in [0.4, 0.5) is 11.5 Å². The Morgan fingerprint density at radius 1 is 0.971 bits per heavy atom. The smallest absolute Gasteiger partial charge is 0.270 e. The van der Waals surface area contributed by atoms with E-state index in [1.165, 1.54) is 12.1 Å². The van der Waals surface area contributed by atoms with Crippen LogP contribution in [0.2, 0.25) is 0 Å². The first-order chi connectivity index (χ1) is 16.4. The maximum absolute atomic E-state index is 13.5. The molecule has 0 amide bonds. The number of aromatic amines is 2. The molecule has 0 bridgehead atoms. The zero-order chi connectivity index (χ0) is 24.0. The number of nitro groups is 1. The van der Waals surface area contributed by atoms with Gasteiger partial charge in [0.1, 0.15) is 5.82 Å². The highest BCUT2D eigenvalue weighted by molar-refractivity contribution is 6.01. The lowest BCUT2D eigenvalue weighted by molar-refractivity contribution is -0.384. The van der Waals surface area contributed by atoms with E-state index in [4.69, 9.17) is 9.47 Å². The van der Waals surface area contributed by atoms with Crippen LogP contribution in [0.3, 0.4) is 0 Å². The zero-order valence-electron chi connectivity index (χ0n) is 18.5. The van der Waals surface area contributed by atoms with Crippen molar-refractivity contribution in [3.05, 3.63) is 90.9 Å². The number of aromatic nitrogens is 2. The number of rotatable bonds is 5. The predicted octanol–water partition coefficient (Wildman–Crippen LogP) is 3.59. The molecule has 34 heavy (non-hydrogen) atoms. The number of fused-ring (bicyclic) bond motifs is 1. The molecule has 3 aromatic rings. The highest BCUT2D eigenvalue weighted by atomic mass is 16.6. The third-order valence-corrected chi connectivity index (χ3v) is 6.47. The molecule has 2 aliphatic rings. The van der Waals surface area contributed by atoms with Crippen LogP contribution in [-0.2, 0) is 4.79 Å². The topological polar surface area (TPSA) is 139 Å². The van der Waals surface area contributed by atoms with Crippen molar-refractivity contribution in [2.24, 2.45) is 0 Å². The van der Waals surface area contributed by atoms with E-state index in [0.29, 0.717) is 46.1 Å². The molecule has 174 valence electrons. The highest BCUT2D eigenvalue weighted by Crippen LogP contribution is 2.47. The number of hydrogen-bond donors (Lipinski definition) is 3. The molecule has 2 atom stereocenters. The van der Waals surface area contributed by atoms with Gasteiger partial charge in [0.05, 0.1) is 24.7 Å². The molecule has 1 aliphatic carbocycles. The largest absolute Gasteiger partial charge is 0.493 e. The fraction of sp³-hybridized carbons (Fsp3) is 0.250. The Morgan fingerprint density at radius 2 is 1.76 bits per heavy atom. The summed E-state index contributed by atoms with van der Waals surface area (Å²) < 4.78 is 10.7. The Kier molecular flexibility index (Phi) is 5.20. The van der Waals surface area contributed by atoms with E-state index in [1.54, 1.807) is 26.4 Å². The number of H-pyrrole nitrogens is 2. The number of carbonyl (C=O) groups excluding carboxylic acids is 1. The molecule has 0 saturated heterocycles. The maximum atomic E-state index is 13.5. The van der Waals surface area contributed by atoms with Crippen molar-refractivity contribution in [2.75, 3.05) is 19.5 Å². The molecule has 2 unspecified atom stereocenters. The number of methoxy groups -OCH3 is 2. The Labute approximate surface area is 193 Å². The van der Waals surface area contributed by atoms with Gasteiger partial charge in [0.25, 0.3) is 11.2 Å². The normalized spacial score (nSPS) is 19.2. The predicted molar refractivity (Wildman–Crippen MR) is 124 cm³/mol. The number of ketones is 1. The van der Waals surface area contributed by atoms with Gasteiger partial charge in [-0.3, -0.25) is 29.9 Å². The Hall–Kier alpha value is -4.34. The first-order valence-corrected chi connectivity index (χ1v) is 10.7. The monoisotopic (exact) mass is 462 g/mol. The van der Waals surface area contributed by atoms with E-state index in [-0.39, 0.29) is 29.4 Å².